The molecule has 9 heteroatoms. The molecule has 4 rings (SSSR count). The van der Waals surface area contributed by atoms with Gasteiger partial charge in [0, 0.05) is 48.6 Å². The van der Waals surface area contributed by atoms with E-state index in [2.05, 4.69) is 30.9 Å². The van der Waals surface area contributed by atoms with Gasteiger partial charge in [-0.05, 0) is 31.7 Å². The third kappa shape index (κ3) is 4.02. The number of pyridine rings is 1. The summed E-state index contributed by atoms with van der Waals surface area (Å²) in [6.07, 6.45) is 7.50. The van der Waals surface area contributed by atoms with Crippen molar-refractivity contribution in [3.8, 4) is 0 Å². The lowest BCUT2D eigenvalue weighted by Crippen LogP contribution is -2.47. The third-order valence-corrected chi connectivity index (χ3v) is 5.30. The zero-order chi connectivity index (χ0) is 19.7. The number of hydrogen-bond donors (Lipinski definition) is 4. The maximum absolute atomic E-state index is 14.4. The zero-order valence-corrected chi connectivity index (χ0v) is 16.2. The van der Waals surface area contributed by atoms with Gasteiger partial charge in [0.2, 0.25) is 5.91 Å². The molecule has 3 heterocycles. The second-order valence-corrected chi connectivity index (χ2v) is 7.67. The normalized spacial score (nSPS) is 25.0. The van der Waals surface area contributed by atoms with E-state index >= 15 is 0 Å². The molecule has 1 aliphatic heterocycles. The first-order valence-electron chi connectivity index (χ1n) is 9.35. The van der Waals surface area contributed by atoms with Gasteiger partial charge in [-0.3, -0.25) is 10.1 Å². The van der Waals surface area contributed by atoms with Gasteiger partial charge in [0.1, 0.15) is 11.5 Å². The lowest BCUT2D eigenvalue weighted by Gasteiger charge is -2.32. The Morgan fingerprint density at radius 2 is 2.18 bits per heavy atom. The Kier molecular flexibility index (Phi) is 5.32. The Balaban J connectivity index is 1.53. The van der Waals surface area contributed by atoms with E-state index in [4.69, 9.17) is 11.6 Å². The number of aliphatic imine (C=N–C) groups is 1. The number of nitrogens with zero attached hydrogens (tertiary/aromatic N) is 2. The number of nitrogens with one attached hydrogen (secondary N) is 4. The van der Waals surface area contributed by atoms with E-state index in [0.29, 0.717) is 16.5 Å². The van der Waals surface area contributed by atoms with Crippen molar-refractivity contribution in [2.24, 2.45) is 4.99 Å². The lowest BCUT2D eigenvalue weighted by molar-refractivity contribution is -0.119. The van der Waals surface area contributed by atoms with E-state index in [0.717, 1.165) is 36.6 Å². The average Bonchev–Trinajstić information content (AvgIpc) is 3.06. The number of rotatable bonds is 4. The second-order valence-electron chi connectivity index (χ2n) is 7.23. The highest BCUT2D eigenvalue weighted by Gasteiger charge is 2.28. The van der Waals surface area contributed by atoms with Crippen molar-refractivity contribution in [2.45, 2.75) is 50.9 Å². The molecule has 2 aliphatic rings. The fourth-order valence-electron chi connectivity index (χ4n) is 3.87. The largest absolute Gasteiger partial charge is 0.354 e. The van der Waals surface area contributed by atoms with Gasteiger partial charge in [-0.1, -0.05) is 11.6 Å². The zero-order valence-electron chi connectivity index (χ0n) is 15.4. The van der Waals surface area contributed by atoms with Crippen molar-refractivity contribution in [1.29, 1.82) is 0 Å². The number of fused-ring (bicyclic) bond motifs is 1. The quantitative estimate of drug-likeness (QED) is 0.630. The van der Waals surface area contributed by atoms with Gasteiger partial charge in [-0.25, -0.2) is 14.4 Å². The highest BCUT2D eigenvalue weighted by atomic mass is 35.5. The van der Waals surface area contributed by atoms with E-state index in [9.17, 15) is 9.18 Å². The molecular formula is C19H22ClFN6O. The fraction of sp³-hybridized carbons (Fsp3) is 0.421. The van der Waals surface area contributed by atoms with E-state index in [1.807, 2.05) is 0 Å². The van der Waals surface area contributed by atoms with Crippen LogP contribution in [0.2, 0.25) is 5.02 Å². The summed E-state index contributed by atoms with van der Waals surface area (Å²) in [5.41, 5.74) is 1.47. The van der Waals surface area contributed by atoms with E-state index < -0.39 is 6.17 Å². The monoisotopic (exact) mass is 404 g/mol. The van der Waals surface area contributed by atoms with Gasteiger partial charge in [0.25, 0.3) is 0 Å². The molecule has 0 spiro atoms. The van der Waals surface area contributed by atoms with Crippen LogP contribution in [0.1, 0.15) is 38.2 Å². The molecule has 0 bridgehead atoms. The third-order valence-electron chi connectivity index (χ3n) is 5.09. The van der Waals surface area contributed by atoms with Gasteiger partial charge >= 0.3 is 0 Å². The van der Waals surface area contributed by atoms with Crippen LogP contribution in [-0.4, -0.2) is 40.0 Å². The summed E-state index contributed by atoms with van der Waals surface area (Å²) in [4.78, 5) is 23.2. The van der Waals surface area contributed by atoms with Crippen LogP contribution in [0.5, 0.6) is 0 Å². The van der Waals surface area contributed by atoms with Crippen LogP contribution in [0.4, 0.5) is 4.39 Å². The first-order chi connectivity index (χ1) is 13.5. The Hall–Kier alpha value is -2.45. The number of carbonyl (C=O) groups excluding carboxylic acids is 1. The maximum Gasteiger partial charge on any atom is 0.217 e. The van der Waals surface area contributed by atoms with E-state index in [1.165, 1.54) is 13.1 Å². The van der Waals surface area contributed by atoms with Crippen molar-refractivity contribution in [1.82, 2.24) is 25.9 Å². The predicted molar refractivity (Wildman–Crippen MR) is 107 cm³/mol. The maximum atomic E-state index is 14.4. The molecule has 1 amide bonds. The van der Waals surface area contributed by atoms with Crippen LogP contribution in [0, 0.1) is 0 Å². The Morgan fingerprint density at radius 3 is 3.00 bits per heavy atom. The van der Waals surface area contributed by atoms with Crippen molar-refractivity contribution in [2.75, 3.05) is 0 Å². The second kappa shape index (κ2) is 7.89. The number of aromatic nitrogens is 2. The Morgan fingerprint density at radius 1 is 1.36 bits per heavy atom. The van der Waals surface area contributed by atoms with E-state index in [1.54, 1.807) is 18.5 Å². The highest BCUT2D eigenvalue weighted by molar-refractivity contribution is 6.31. The van der Waals surface area contributed by atoms with Gasteiger partial charge in [0.05, 0.1) is 5.02 Å². The van der Waals surface area contributed by atoms with Gasteiger partial charge in [0.15, 0.2) is 12.0 Å². The summed E-state index contributed by atoms with van der Waals surface area (Å²) in [6, 6.07) is 2.00. The molecule has 1 saturated carbocycles. The average molecular weight is 405 g/mol. The Bertz CT molecular complexity index is 955. The molecule has 2 aromatic rings. The molecule has 7 nitrogen and oxygen atoms in total. The molecule has 0 radical (unpaired) electrons. The summed E-state index contributed by atoms with van der Waals surface area (Å²) in [7, 11) is 0. The summed E-state index contributed by atoms with van der Waals surface area (Å²) in [5, 5.41) is 10.5. The molecule has 4 N–H and O–H groups in total. The first kappa shape index (κ1) is 18.9. The smallest absolute Gasteiger partial charge is 0.217 e. The molecule has 0 aromatic carbocycles. The number of aromatic amines is 1. The van der Waals surface area contributed by atoms with Gasteiger partial charge < -0.3 is 15.6 Å². The van der Waals surface area contributed by atoms with Crippen LogP contribution in [0.3, 0.4) is 0 Å². The van der Waals surface area contributed by atoms with E-state index in [-0.39, 0.29) is 23.8 Å². The summed E-state index contributed by atoms with van der Waals surface area (Å²) in [5.74, 6) is 0.135. The number of hydrogen-bond acceptors (Lipinski definition) is 5. The van der Waals surface area contributed by atoms with Crippen molar-refractivity contribution in [3.05, 3.63) is 41.1 Å². The number of amidine groups is 1. The molecule has 3 unspecified atom stereocenters. The molecule has 0 saturated heterocycles. The Labute approximate surface area is 166 Å². The molecule has 1 fully saturated rings. The topological polar surface area (TPSA) is 94.2 Å². The molecule has 1 aliphatic carbocycles. The predicted octanol–water partition coefficient (Wildman–Crippen LogP) is 2.74. The van der Waals surface area contributed by atoms with Crippen LogP contribution in [0.15, 0.2) is 35.5 Å². The number of H-pyrrole nitrogens is 1. The summed E-state index contributed by atoms with van der Waals surface area (Å²) in [6.45, 7) is 1.52. The lowest BCUT2D eigenvalue weighted by atomic mass is 9.90. The number of amides is 1. The minimum Gasteiger partial charge on any atom is -0.354 e. The van der Waals surface area contributed by atoms with Gasteiger partial charge in [-0.15, -0.1) is 0 Å². The van der Waals surface area contributed by atoms with Crippen LogP contribution >= 0.6 is 11.6 Å². The minimum absolute atomic E-state index is 0.0366. The first-order valence-corrected chi connectivity index (χ1v) is 9.73. The van der Waals surface area contributed by atoms with Crippen LogP contribution in [0.25, 0.3) is 11.0 Å². The van der Waals surface area contributed by atoms with Crippen molar-refractivity contribution in [3.63, 3.8) is 0 Å². The highest BCUT2D eigenvalue weighted by Crippen LogP contribution is 2.24. The number of halogens is 2. The minimum atomic E-state index is -0.769. The van der Waals surface area contributed by atoms with Gasteiger partial charge in [-0.2, -0.15) is 0 Å². The van der Waals surface area contributed by atoms with Crippen LogP contribution < -0.4 is 16.0 Å². The molecule has 148 valence electrons. The van der Waals surface area contributed by atoms with Crippen molar-refractivity contribution >= 4 is 34.4 Å². The molecule has 28 heavy (non-hydrogen) atoms. The van der Waals surface area contributed by atoms with Crippen molar-refractivity contribution < 1.29 is 9.18 Å². The fourth-order valence-corrected chi connectivity index (χ4v) is 4.02. The van der Waals surface area contributed by atoms with Crippen LogP contribution in [-0.2, 0) is 4.79 Å². The standard InChI is InChI=1S/C19H22ClFN6O/c1-10(28)25-12-3-2-4-13(6-12)26-19-16(21)9-24-18(27-19)15-8-23-17-14(15)5-11(20)7-22-17/h5,7-9,12-13,19,26H,2-4,6H2,1H3,(H,22,23)(H,24,27)(H,25,28). The summed E-state index contributed by atoms with van der Waals surface area (Å²) >= 11 is 6.07. The SMILES string of the molecule is CC(=O)NC1CCCC(NC2N=C(c3c[nH]c4ncc(Cl)cc34)NC=C2F)C1. The molecule has 3 atom stereocenters. The summed E-state index contributed by atoms with van der Waals surface area (Å²) < 4.78 is 14.4. The number of carbonyl (C=O) groups is 1. The molecule has 2 aromatic heterocycles. The molecular weight excluding hydrogens is 383 g/mol.